The molecule has 4 aromatic rings. The Hall–Kier alpha value is -3.46. The molecule has 0 aliphatic rings. The van der Waals surface area contributed by atoms with Gasteiger partial charge in [-0.25, -0.2) is 0 Å². The summed E-state index contributed by atoms with van der Waals surface area (Å²) in [6.45, 7) is 1.46. The molecule has 9 nitrogen and oxygen atoms in total. The third-order valence-corrected chi connectivity index (χ3v) is 4.51. The summed E-state index contributed by atoms with van der Waals surface area (Å²) in [6.07, 6.45) is 4.47. The molecule has 3 N–H and O–H groups in total. The number of hydrogen-bond acceptors (Lipinski definition) is 8. The molecule has 0 saturated carbocycles. The summed E-state index contributed by atoms with van der Waals surface area (Å²) < 4.78 is 11.8. The number of aryl methyl sites for hydroxylation is 1. The number of nitrogens with one attached hydrogen (secondary N) is 1. The number of hydrogen-bond donors (Lipinski definition) is 2. The topological polar surface area (TPSA) is 116 Å². The second kappa shape index (κ2) is 8.70. The van der Waals surface area contributed by atoms with Crippen molar-refractivity contribution in [3.05, 3.63) is 53.8 Å². The first-order chi connectivity index (χ1) is 14.2. The molecule has 0 atom stereocenters. The van der Waals surface area contributed by atoms with Gasteiger partial charge in [-0.2, -0.15) is 19.5 Å². The van der Waals surface area contributed by atoms with Gasteiger partial charge < -0.3 is 20.2 Å². The third-order valence-electron chi connectivity index (χ3n) is 4.51. The smallest absolute Gasteiger partial charge is 0.259 e. The average Bonchev–Trinajstić information content (AvgIpc) is 3.39. The number of furan rings is 1. The highest BCUT2D eigenvalue weighted by atomic mass is 16.5. The van der Waals surface area contributed by atoms with Crippen molar-refractivity contribution in [1.29, 1.82) is 0 Å². The predicted octanol–water partition coefficient (Wildman–Crippen LogP) is 2.60. The highest BCUT2D eigenvalue weighted by Gasteiger charge is 2.13. The molecule has 3 heterocycles. The van der Waals surface area contributed by atoms with Crippen LogP contribution in [-0.4, -0.2) is 44.8 Å². The highest BCUT2D eigenvalue weighted by molar-refractivity contribution is 5.52. The van der Waals surface area contributed by atoms with Crippen LogP contribution in [0.4, 0.5) is 11.9 Å². The van der Waals surface area contributed by atoms with E-state index < -0.39 is 0 Å². The Balaban J connectivity index is 1.37. The first-order valence-corrected chi connectivity index (χ1v) is 9.48. The SMILES string of the molecule is COCCCc1ccc(CCNc2nc(N)n3nc(-c4ccco4)nc3n2)cc1. The molecule has 0 fully saturated rings. The number of ether oxygens (including phenoxy) is 1. The maximum atomic E-state index is 6.00. The first-order valence-electron chi connectivity index (χ1n) is 9.48. The Kier molecular flexibility index (Phi) is 5.66. The van der Waals surface area contributed by atoms with Gasteiger partial charge in [-0.3, -0.25) is 0 Å². The summed E-state index contributed by atoms with van der Waals surface area (Å²) in [5.74, 6) is 1.97. The molecule has 0 radical (unpaired) electrons. The minimum atomic E-state index is 0.211. The van der Waals surface area contributed by atoms with Gasteiger partial charge in [0.1, 0.15) is 0 Å². The number of methoxy groups -OCH3 is 1. The van der Waals surface area contributed by atoms with Gasteiger partial charge in [0.2, 0.25) is 17.7 Å². The molecule has 4 rings (SSSR count). The zero-order valence-electron chi connectivity index (χ0n) is 16.2. The number of nitrogens with zero attached hydrogens (tertiary/aromatic N) is 5. The Labute approximate surface area is 167 Å². The van der Waals surface area contributed by atoms with E-state index in [1.54, 1.807) is 25.5 Å². The van der Waals surface area contributed by atoms with Crippen LogP contribution >= 0.6 is 0 Å². The molecular weight excluding hydrogens is 370 g/mol. The van der Waals surface area contributed by atoms with Crippen molar-refractivity contribution in [3.8, 4) is 11.6 Å². The van der Waals surface area contributed by atoms with Gasteiger partial charge in [-0.1, -0.05) is 24.3 Å². The molecule has 1 aromatic carbocycles. The van der Waals surface area contributed by atoms with E-state index in [4.69, 9.17) is 14.9 Å². The molecule has 29 heavy (non-hydrogen) atoms. The van der Waals surface area contributed by atoms with E-state index in [9.17, 15) is 0 Å². The minimum absolute atomic E-state index is 0.211. The van der Waals surface area contributed by atoms with E-state index in [1.807, 2.05) is 0 Å². The van der Waals surface area contributed by atoms with Crippen LogP contribution in [0.15, 0.2) is 47.1 Å². The largest absolute Gasteiger partial charge is 0.461 e. The molecule has 0 spiro atoms. The molecule has 0 bridgehead atoms. The lowest BCUT2D eigenvalue weighted by molar-refractivity contribution is 0.195. The number of fused-ring (bicyclic) bond motifs is 1. The summed E-state index contributed by atoms with van der Waals surface area (Å²) in [5, 5.41) is 7.49. The average molecular weight is 393 g/mol. The van der Waals surface area contributed by atoms with E-state index in [0.29, 0.717) is 29.9 Å². The van der Waals surface area contributed by atoms with Crippen LogP contribution < -0.4 is 11.1 Å². The molecule has 150 valence electrons. The molecule has 0 aliphatic heterocycles. The Morgan fingerprint density at radius 1 is 1.07 bits per heavy atom. The molecule has 0 unspecified atom stereocenters. The van der Waals surface area contributed by atoms with Crippen LogP contribution in [0, 0.1) is 0 Å². The van der Waals surface area contributed by atoms with E-state index in [2.05, 4.69) is 49.6 Å². The monoisotopic (exact) mass is 393 g/mol. The van der Waals surface area contributed by atoms with Gasteiger partial charge in [0.15, 0.2) is 5.76 Å². The van der Waals surface area contributed by atoms with Crippen molar-refractivity contribution in [3.63, 3.8) is 0 Å². The number of nitrogen functional groups attached to an aromatic ring is 1. The van der Waals surface area contributed by atoms with Gasteiger partial charge in [-0.15, -0.1) is 5.10 Å². The second-order valence-electron chi connectivity index (χ2n) is 6.62. The lowest BCUT2D eigenvalue weighted by atomic mass is 10.1. The van der Waals surface area contributed by atoms with Gasteiger partial charge >= 0.3 is 0 Å². The number of anilines is 2. The van der Waals surface area contributed by atoms with Crippen LogP contribution in [0.2, 0.25) is 0 Å². The van der Waals surface area contributed by atoms with Gasteiger partial charge in [0.05, 0.1) is 6.26 Å². The second-order valence-corrected chi connectivity index (χ2v) is 6.62. The number of nitrogens with two attached hydrogens (primary N) is 1. The van der Waals surface area contributed by atoms with E-state index in [1.165, 1.54) is 15.6 Å². The van der Waals surface area contributed by atoms with Crippen molar-refractivity contribution >= 4 is 17.7 Å². The van der Waals surface area contributed by atoms with Crippen LogP contribution in [-0.2, 0) is 17.6 Å². The lowest BCUT2D eigenvalue weighted by Crippen LogP contribution is -2.12. The fourth-order valence-corrected chi connectivity index (χ4v) is 3.01. The number of benzene rings is 1. The summed E-state index contributed by atoms with van der Waals surface area (Å²) >= 11 is 0. The molecule has 0 amide bonds. The summed E-state index contributed by atoms with van der Waals surface area (Å²) in [4.78, 5) is 13.0. The standard InChI is InChI=1S/C20H23N7O2/c1-28-12-2-4-14-6-8-15(9-7-14)10-11-22-19-24-18(21)27-20(25-19)23-17(26-27)16-5-3-13-29-16/h3,5-9,13H,2,4,10-12H2,1H3,(H3,21,22,23,24,25,26). The molecule has 0 saturated heterocycles. The van der Waals surface area contributed by atoms with Gasteiger partial charge in [0.25, 0.3) is 5.78 Å². The molecular formula is C20H23N7O2. The van der Waals surface area contributed by atoms with E-state index >= 15 is 0 Å². The van der Waals surface area contributed by atoms with Crippen molar-refractivity contribution in [2.24, 2.45) is 0 Å². The molecule has 0 aliphatic carbocycles. The number of aromatic nitrogens is 5. The third kappa shape index (κ3) is 4.52. The van der Waals surface area contributed by atoms with E-state index in [-0.39, 0.29) is 5.95 Å². The Morgan fingerprint density at radius 2 is 1.86 bits per heavy atom. The number of rotatable bonds is 9. The lowest BCUT2D eigenvalue weighted by Gasteiger charge is -2.07. The van der Waals surface area contributed by atoms with E-state index in [0.717, 1.165) is 25.9 Å². The minimum Gasteiger partial charge on any atom is -0.461 e. The maximum absolute atomic E-state index is 6.00. The molecule has 9 heteroatoms. The molecule has 3 aromatic heterocycles. The van der Waals surface area contributed by atoms with Crippen LogP contribution in [0.5, 0.6) is 0 Å². The summed E-state index contributed by atoms with van der Waals surface area (Å²) in [7, 11) is 1.73. The van der Waals surface area contributed by atoms with Crippen molar-refractivity contribution < 1.29 is 9.15 Å². The van der Waals surface area contributed by atoms with Crippen molar-refractivity contribution in [2.45, 2.75) is 19.3 Å². The first kappa shape index (κ1) is 18.9. The normalized spacial score (nSPS) is 11.2. The quantitative estimate of drug-likeness (QED) is 0.417. The van der Waals surface area contributed by atoms with Crippen LogP contribution in [0.1, 0.15) is 17.5 Å². The van der Waals surface area contributed by atoms with Gasteiger partial charge in [0, 0.05) is 20.3 Å². The van der Waals surface area contributed by atoms with Crippen molar-refractivity contribution in [2.75, 3.05) is 31.3 Å². The fraction of sp³-hybridized carbons (Fsp3) is 0.300. The fourth-order valence-electron chi connectivity index (χ4n) is 3.01. The Morgan fingerprint density at radius 3 is 2.59 bits per heavy atom. The zero-order valence-corrected chi connectivity index (χ0v) is 16.2. The highest BCUT2D eigenvalue weighted by Crippen LogP contribution is 2.17. The van der Waals surface area contributed by atoms with Crippen LogP contribution in [0.3, 0.4) is 0 Å². The summed E-state index contributed by atoms with van der Waals surface area (Å²) in [6, 6.07) is 12.2. The zero-order chi connectivity index (χ0) is 20.1. The predicted molar refractivity (Wildman–Crippen MR) is 110 cm³/mol. The summed E-state index contributed by atoms with van der Waals surface area (Å²) in [5.41, 5.74) is 8.56. The van der Waals surface area contributed by atoms with Crippen molar-refractivity contribution in [1.82, 2.24) is 24.6 Å². The van der Waals surface area contributed by atoms with Crippen LogP contribution in [0.25, 0.3) is 17.4 Å². The maximum Gasteiger partial charge on any atom is 0.259 e. The Bertz CT molecular complexity index is 1060. The van der Waals surface area contributed by atoms with Gasteiger partial charge in [-0.05, 0) is 42.5 Å².